The number of nitrogens with zero attached hydrogens (tertiary/aromatic N) is 2. The first-order chi connectivity index (χ1) is 16.2. The molecule has 2 aliphatic heterocycles. The van der Waals surface area contributed by atoms with E-state index >= 15 is 0 Å². The zero-order chi connectivity index (χ0) is 22.2. The van der Waals surface area contributed by atoms with Gasteiger partial charge in [-0.25, -0.2) is 4.98 Å². The third kappa shape index (κ3) is 3.92. The number of carbonyl (C=O) groups excluding carboxylic acids is 1. The molecule has 0 saturated carbocycles. The molecule has 1 fully saturated rings. The van der Waals surface area contributed by atoms with E-state index in [1.807, 2.05) is 18.3 Å². The van der Waals surface area contributed by atoms with Gasteiger partial charge >= 0.3 is 0 Å². The minimum absolute atomic E-state index is 0.0250. The second-order valence-corrected chi connectivity index (χ2v) is 8.75. The number of aromatic nitrogens is 2. The molecule has 2 aromatic heterocycles. The van der Waals surface area contributed by atoms with Gasteiger partial charge in [-0.1, -0.05) is 42.5 Å². The summed E-state index contributed by atoms with van der Waals surface area (Å²) in [7, 11) is 0. The first-order valence-corrected chi connectivity index (χ1v) is 11.5. The highest BCUT2D eigenvalue weighted by atomic mass is 16.5. The molecule has 1 saturated heterocycles. The largest absolute Gasteiger partial charge is 0.379 e. The van der Waals surface area contributed by atoms with Gasteiger partial charge in [-0.3, -0.25) is 9.69 Å². The maximum atomic E-state index is 12.2. The Labute approximate surface area is 192 Å². The summed E-state index contributed by atoms with van der Waals surface area (Å²) in [6.07, 6.45) is 7.29. The molecule has 4 aromatic rings. The van der Waals surface area contributed by atoms with Gasteiger partial charge < -0.3 is 15.0 Å². The number of aromatic amines is 1. The molecule has 33 heavy (non-hydrogen) atoms. The lowest BCUT2D eigenvalue weighted by atomic mass is 10.0. The molecular formula is C27H26N4O2. The number of hydrogen-bond donors (Lipinski definition) is 2. The molecule has 6 heteroatoms. The fourth-order valence-electron chi connectivity index (χ4n) is 4.81. The molecular weight excluding hydrogens is 412 g/mol. The van der Waals surface area contributed by atoms with Gasteiger partial charge in [0.05, 0.1) is 36.5 Å². The van der Waals surface area contributed by atoms with Crippen LogP contribution in [0.1, 0.15) is 32.9 Å². The fraction of sp³-hybridized carbons (Fsp3) is 0.259. The van der Waals surface area contributed by atoms with Crippen molar-refractivity contribution in [2.75, 3.05) is 32.8 Å². The van der Waals surface area contributed by atoms with E-state index in [-0.39, 0.29) is 5.91 Å². The van der Waals surface area contributed by atoms with E-state index in [1.165, 1.54) is 11.1 Å². The number of benzene rings is 2. The molecule has 2 aliphatic rings. The molecule has 4 heterocycles. The number of amides is 1. The van der Waals surface area contributed by atoms with Crippen LogP contribution in [-0.2, 0) is 17.7 Å². The molecule has 6 nitrogen and oxygen atoms in total. The van der Waals surface area contributed by atoms with Gasteiger partial charge in [-0.2, -0.15) is 0 Å². The number of carbonyl (C=O) groups is 1. The van der Waals surface area contributed by atoms with E-state index < -0.39 is 0 Å². The summed E-state index contributed by atoms with van der Waals surface area (Å²) in [6, 6.07) is 14.9. The van der Waals surface area contributed by atoms with Crippen LogP contribution in [0.4, 0.5) is 0 Å². The predicted octanol–water partition coefficient (Wildman–Crippen LogP) is 4.00. The number of hydrogen-bond acceptors (Lipinski definition) is 4. The molecule has 0 aliphatic carbocycles. The number of morpholine rings is 1. The average molecular weight is 439 g/mol. The first-order valence-electron chi connectivity index (χ1n) is 11.5. The van der Waals surface area contributed by atoms with Crippen molar-refractivity contribution in [3.8, 4) is 0 Å². The van der Waals surface area contributed by atoms with Crippen LogP contribution < -0.4 is 5.32 Å². The van der Waals surface area contributed by atoms with E-state index in [0.29, 0.717) is 6.54 Å². The smallest absolute Gasteiger partial charge is 0.254 e. The number of rotatable bonds is 5. The molecule has 2 aromatic carbocycles. The van der Waals surface area contributed by atoms with E-state index in [9.17, 15) is 4.79 Å². The highest BCUT2D eigenvalue weighted by molar-refractivity contribution is 6.16. The van der Waals surface area contributed by atoms with E-state index in [4.69, 9.17) is 9.72 Å². The number of fused-ring (bicyclic) bond motifs is 5. The molecule has 0 unspecified atom stereocenters. The molecule has 0 atom stereocenters. The number of ether oxygens (including phenoxy) is 1. The Bertz CT molecular complexity index is 1380. The van der Waals surface area contributed by atoms with Crippen LogP contribution >= 0.6 is 0 Å². The normalized spacial score (nSPS) is 16.7. The van der Waals surface area contributed by atoms with Gasteiger partial charge in [0.2, 0.25) is 0 Å². The molecule has 0 radical (unpaired) electrons. The Morgan fingerprint density at radius 3 is 2.88 bits per heavy atom. The quantitative estimate of drug-likeness (QED) is 0.494. The van der Waals surface area contributed by atoms with E-state index in [2.05, 4.69) is 57.7 Å². The van der Waals surface area contributed by atoms with Gasteiger partial charge in [-0.15, -0.1) is 0 Å². The van der Waals surface area contributed by atoms with Crippen molar-refractivity contribution in [1.82, 2.24) is 20.2 Å². The van der Waals surface area contributed by atoms with Crippen LogP contribution in [0.15, 0.2) is 48.7 Å². The van der Waals surface area contributed by atoms with Crippen LogP contribution in [0, 0.1) is 0 Å². The summed E-state index contributed by atoms with van der Waals surface area (Å²) in [4.78, 5) is 22.8. The molecule has 6 rings (SSSR count). The predicted molar refractivity (Wildman–Crippen MR) is 131 cm³/mol. The van der Waals surface area contributed by atoms with Crippen molar-refractivity contribution < 1.29 is 9.53 Å². The third-order valence-electron chi connectivity index (χ3n) is 6.62. The third-order valence-corrected chi connectivity index (χ3v) is 6.62. The van der Waals surface area contributed by atoms with Crippen LogP contribution in [-0.4, -0.2) is 53.6 Å². The summed E-state index contributed by atoms with van der Waals surface area (Å²) in [6.45, 7) is 5.31. The molecule has 0 bridgehead atoms. The lowest BCUT2D eigenvalue weighted by Gasteiger charge is -2.26. The topological polar surface area (TPSA) is 70.2 Å². The van der Waals surface area contributed by atoms with Crippen molar-refractivity contribution in [3.63, 3.8) is 0 Å². The zero-order valence-electron chi connectivity index (χ0n) is 18.4. The highest BCUT2D eigenvalue weighted by Gasteiger charge is 2.25. The summed E-state index contributed by atoms with van der Waals surface area (Å²) in [5.74, 6) is -0.0250. The van der Waals surface area contributed by atoms with Crippen molar-refractivity contribution in [1.29, 1.82) is 0 Å². The van der Waals surface area contributed by atoms with Crippen LogP contribution in [0.5, 0.6) is 0 Å². The van der Waals surface area contributed by atoms with Crippen LogP contribution in [0.3, 0.4) is 0 Å². The maximum absolute atomic E-state index is 12.2. The standard InChI is InChI=1S/C27H26N4O2/c32-27-25-22-7-5-20-16-28-21(15-23(20)26(22)30-24(25)17-29-27)6-4-18-2-1-3-19(14-18)8-9-31-10-12-33-13-11-31/h1-7,14-16,28H,8-13,17H2,(H,29,32). The highest BCUT2D eigenvalue weighted by Crippen LogP contribution is 2.31. The van der Waals surface area contributed by atoms with Gasteiger partial charge in [-0.05, 0) is 35.1 Å². The minimum atomic E-state index is -0.0250. The van der Waals surface area contributed by atoms with Crippen molar-refractivity contribution in [2.24, 2.45) is 0 Å². The Morgan fingerprint density at radius 1 is 1.06 bits per heavy atom. The molecule has 0 spiro atoms. The second kappa shape index (κ2) is 8.46. The lowest BCUT2D eigenvalue weighted by molar-refractivity contribution is 0.0384. The molecule has 166 valence electrons. The summed E-state index contributed by atoms with van der Waals surface area (Å²) in [5, 5.41) is 5.94. The van der Waals surface area contributed by atoms with E-state index in [0.717, 1.165) is 77.9 Å². The zero-order valence-corrected chi connectivity index (χ0v) is 18.4. The van der Waals surface area contributed by atoms with Gasteiger partial charge in [0.15, 0.2) is 0 Å². The van der Waals surface area contributed by atoms with Gasteiger partial charge in [0, 0.05) is 42.3 Å². The summed E-state index contributed by atoms with van der Waals surface area (Å²) < 4.78 is 5.44. The first kappa shape index (κ1) is 20.1. The Hall–Kier alpha value is -3.48. The van der Waals surface area contributed by atoms with Crippen LogP contribution in [0.25, 0.3) is 33.8 Å². The summed E-state index contributed by atoms with van der Waals surface area (Å²) in [5.41, 5.74) is 6.01. The van der Waals surface area contributed by atoms with Crippen molar-refractivity contribution >= 4 is 39.7 Å². The Balaban J connectivity index is 1.24. The SMILES string of the molecule is O=C1NCc2nc3c(ccc4c[nH]c(C=Cc5cccc(CCN6CCOCC6)c5)cc43)c21. The fourth-order valence-corrected chi connectivity index (χ4v) is 4.81. The number of pyridine rings is 1. The second-order valence-electron chi connectivity index (χ2n) is 8.75. The maximum Gasteiger partial charge on any atom is 0.254 e. The van der Waals surface area contributed by atoms with Crippen molar-refractivity contribution in [2.45, 2.75) is 13.0 Å². The van der Waals surface area contributed by atoms with Crippen molar-refractivity contribution in [3.05, 3.63) is 76.7 Å². The Morgan fingerprint density at radius 2 is 1.97 bits per heavy atom. The summed E-state index contributed by atoms with van der Waals surface area (Å²) >= 11 is 0. The number of H-pyrrole nitrogens is 1. The van der Waals surface area contributed by atoms with Gasteiger partial charge in [0.1, 0.15) is 0 Å². The number of nitrogens with one attached hydrogen (secondary N) is 2. The van der Waals surface area contributed by atoms with Gasteiger partial charge in [0.25, 0.3) is 5.91 Å². The van der Waals surface area contributed by atoms with Crippen LogP contribution in [0.2, 0.25) is 0 Å². The Kier molecular flexibility index (Phi) is 5.17. The van der Waals surface area contributed by atoms with E-state index in [1.54, 1.807) is 0 Å². The lowest BCUT2D eigenvalue weighted by Crippen LogP contribution is -2.37. The monoisotopic (exact) mass is 438 g/mol. The average Bonchev–Trinajstić information content (AvgIpc) is 3.42. The molecule has 2 N–H and O–H groups in total. The molecule has 1 amide bonds. The minimum Gasteiger partial charge on any atom is -0.379 e.